The Hall–Kier alpha value is -3.72. The van der Waals surface area contributed by atoms with E-state index in [4.69, 9.17) is 28.2 Å². The highest BCUT2D eigenvalue weighted by Gasteiger charge is 2.17. The molecule has 0 unspecified atom stereocenters. The van der Waals surface area contributed by atoms with Crippen molar-refractivity contribution >= 4 is 17.3 Å². The Morgan fingerprint density at radius 1 is 1.37 bits per heavy atom. The standard InChI is InChI=1S/C21H14ClFN4O3/c1-12-5-16(26-27(11-28)21(12)29)8-14-3-4-18(22)20(19(14)23)30-17-7-13(10-24)6-15(9-17)25-2/h3-7,9,28H,8,11H2,1H3. The smallest absolute Gasteiger partial charge is 0.271 e. The summed E-state index contributed by atoms with van der Waals surface area (Å²) in [6.07, 6.45) is 0.0199. The molecular formula is C21H14ClFN4O3. The van der Waals surface area contributed by atoms with Crippen LogP contribution in [0.1, 0.15) is 22.4 Å². The van der Waals surface area contributed by atoms with Crippen molar-refractivity contribution in [2.45, 2.75) is 20.1 Å². The van der Waals surface area contributed by atoms with Crippen molar-refractivity contribution in [2.24, 2.45) is 0 Å². The zero-order valence-corrected chi connectivity index (χ0v) is 16.4. The number of nitrogens with zero attached hydrogens (tertiary/aromatic N) is 4. The molecule has 0 bridgehead atoms. The largest absolute Gasteiger partial charge is 0.454 e. The summed E-state index contributed by atoms with van der Waals surface area (Å²) in [5.74, 6) is -0.899. The van der Waals surface area contributed by atoms with Crippen LogP contribution in [-0.4, -0.2) is 14.9 Å². The zero-order chi connectivity index (χ0) is 21.8. The van der Waals surface area contributed by atoms with E-state index in [1.165, 1.54) is 36.4 Å². The minimum absolute atomic E-state index is 0.00689. The number of ether oxygens (including phenoxy) is 1. The number of nitriles is 1. The topological polar surface area (TPSA) is 92.5 Å². The van der Waals surface area contributed by atoms with Gasteiger partial charge in [-0.1, -0.05) is 17.7 Å². The molecule has 1 heterocycles. The van der Waals surface area contributed by atoms with E-state index >= 15 is 4.39 Å². The lowest BCUT2D eigenvalue weighted by molar-refractivity contribution is 0.187. The molecule has 1 N–H and O–H groups in total. The van der Waals surface area contributed by atoms with E-state index in [2.05, 4.69) is 9.94 Å². The molecule has 0 saturated heterocycles. The Balaban J connectivity index is 1.99. The van der Waals surface area contributed by atoms with Crippen LogP contribution >= 0.6 is 11.6 Å². The molecule has 3 rings (SSSR count). The second kappa shape index (κ2) is 8.75. The lowest BCUT2D eigenvalue weighted by Crippen LogP contribution is -2.26. The lowest BCUT2D eigenvalue weighted by Gasteiger charge is -2.13. The van der Waals surface area contributed by atoms with Gasteiger partial charge >= 0.3 is 0 Å². The lowest BCUT2D eigenvalue weighted by atomic mass is 10.1. The molecule has 1 aromatic heterocycles. The first-order valence-electron chi connectivity index (χ1n) is 8.62. The Labute approximate surface area is 176 Å². The van der Waals surface area contributed by atoms with Gasteiger partial charge in [-0.3, -0.25) is 4.79 Å². The molecule has 0 aliphatic carbocycles. The van der Waals surface area contributed by atoms with Crippen molar-refractivity contribution in [3.8, 4) is 17.6 Å². The number of benzene rings is 2. The fourth-order valence-electron chi connectivity index (χ4n) is 2.81. The van der Waals surface area contributed by atoms with Crippen LogP contribution in [0.2, 0.25) is 5.02 Å². The molecule has 3 aromatic rings. The normalized spacial score (nSPS) is 10.3. The highest BCUT2D eigenvalue weighted by atomic mass is 35.5. The van der Waals surface area contributed by atoms with Crippen molar-refractivity contribution in [3.05, 3.63) is 91.4 Å². The van der Waals surface area contributed by atoms with Crippen molar-refractivity contribution in [1.29, 1.82) is 5.26 Å². The molecule has 0 aliphatic rings. The van der Waals surface area contributed by atoms with E-state index in [-0.39, 0.29) is 39.8 Å². The first-order valence-corrected chi connectivity index (χ1v) is 9.00. The average molecular weight is 425 g/mol. The quantitative estimate of drug-likeness (QED) is 0.622. The number of aliphatic hydroxyl groups is 1. The summed E-state index contributed by atoms with van der Waals surface area (Å²) in [6, 6.07) is 10.5. The van der Waals surface area contributed by atoms with Crippen LogP contribution in [0.15, 0.2) is 41.2 Å². The maximum Gasteiger partial charge on any atom is 0.271 e. The third-order valence-corrected chi connectivity index (χ3v) is 4.51. The average Bonchev–Trinajstić information content (AvgIpc) is 2.75. The zero-order valence-electron chi connectivity index (χ0n) is 15.7. The van der Waals surface area contributed by atoms with Crippen LogP contribution in [0.3, 0.4) is 0 Å². The molecule has 9 heteroatoms. The molecule has 0 atom stereocenters. The van der Waals surface area contributed by atoms with Gasteiger partial charge in [0.2, 0.25) is 0 Å². The Kier molecular flexibility index (Phi) is 6.12. The van der Waals surface area contributed by atoms with Crippen LogP contribution in [0, 0.1) is 30.6 Å². The summed E-state index contributed by atoms with van der Waals surface area (Å²) in [7, 11) is 0. The Bertz CT molecular complexity index is 1240. The Morgan fingerprint density at radius 3 is 2.80 bits per heavy atom. The van der Waals surface area contributed by atoms with Crippen LogP contribution < -0.4 is 10.3 Å². The van der Waals surface area contributed by atoms with Gasteiger partial charge in [0.05, 0.1) is 23.4 Å². The van der Waals surface area contributed by atoms with E-state index in [0.717, 1.165) is 4.68 Å². The van der Waals surface area contributed by atoms with Crippen molar-refractivity contribution in [3.63, 3.8) is 0 Å². The third-order valence-electron chi connectivity index (χ3n) is 4.21. The molecule has 0 radical (unpaired) electrons. The number of hydrogen-bond acceptors (Lipinski definition) is 5. The second-order valence-corrected chi connectivity index (χ2v) is 6.74. The molecule has 30 heavy (non-hydrogen) atoms. The van der Waals surface area contributed by atoms with Crippen LogP contribution in [0.5, 0.6) is 11.5 Å². The van der Waals surface area contributed by atoms with Gasteiger partial charge in [-0.25, -0.2) is 13.9 Å². The highest BCUT2D eigenvalue weighted by molar-refractivity contribution is 6.32. The molecule has 7 nitrogen and oxygen atoms in total. The van der Waals surface area contributed by atoms with Gasteiger partial charge in [0, 0.05) is 17.5 Å². The van der Waals surface area contributed by atoms with E-state index in [0.29, 0.717) is 11.3 Å². The summed E-state index contributed by atoms with van der Waals surface area (Å²) in [6.45, 7) is 8.09. The van der Waals surface area contributed by atoms with Crippen molar-refractivity contribution in [1.82, 2.24) is 9.78 Å². The first-order chi connectivity index (χ1) is 14.4. The summed E-state index contributed by atoms with van der Waals surface area (Å²) in [5.41, 5.74) is 0.857. The molecule has 150 valence electrons. The number of aromatic nitrogens is 2. The molecule has 0 fully saturated rings. The fraction of sp³-hybridized carbons (Fsp3) is 0.143. The van der Waals surface area contributed by atoms with Crippen molar-refractivity contribution in [2.75, 3.05) is 0 Å². The van der Waals surface area contributed by atoms with Crippen LogP contribution in [0.25, 0.3) is 4.85 Å². The summed E-state index contributed by atoms with van der Waals surface area (Å²) in [5, 5.41) is 22.4. The van der Waals surface area contributed by atoms with Gasteiger partial charge in [0.25, 0.3) is 5.56 Å². The predicted octanol–water partition coefficient (Wildman–Crippen LogP) is 4.10. The molecule has 0 aliphatic heterocycles. The van der Waals surface area contributed by atoms with Crippen molar-refractivity contribution < 1.29 is 14.2 Å². The number of aliphatic hydroxyl groups excluding tert-OH is 1. The minimum Gasteiger partial charge on any atom is -0.454 e. The van der Waals surface area contributed by atoms with Gasteiger partial charge < -0.3 is 9.84 Å². The Morgan fingerprint density at radius 2 is 2.13 bits per heavy atom. The van der Waals surface area contributed by atoms with Crippen LogP contribution in [0.4, 0.5) is 10.1 Å². The number of rotatable bonds is 5. The van der Waals surface area contributed by atoms with E-state index in [1.54, 1.807) is 6.92 Å². The second-order valence-electron chi connectivity index (χ2n) is 6.33. The van der Waals surface area contributed by atoms with E-state index < -0.39 is 18.1 Å². The monoisotopic (exact) mass is 424 g/mol. The van der Waals surface area contributed by atoms with E-state index in [9.17, 15) is 9.90 Å². The highest BCUT2D eigenvalue weighted by Crippen LogP contribution is 2.36. The molecule has 0 amide bonds. The van der Waals surface area contributed by atoms with Gasteiger partial charge in [-0.05, 0) is 42.8 Å². The molecule has 2 aromatic carbocycles. The van der Waals surface area contributed by atoms with E-state index in [1.807, 2.05) is 6.07 Å². The SMILES string of the molecule is [C-]#[N+]c1cc(C#N)cc(Oc2c(Cl)ccc(Cc3cc(C)c(=O)n(CO)n3)c2F)c1. The molecule has 0 saturated carbocycles. The van der Waals surface area contributed by atoms with Gasteiger partial charge in [0.15, 0.2) is 17.3 Å². The number of aryl methyl sites for hydroxylation is 1. The van der Waals surface area contributed by atoms with Gasteiger partial charge in [-0.15, -0.1) is 0 Å². The summed E-state index contributed by atoms with van der Waals surface area (Å²) >= 11 is 6.11. The predicted molar refractivity (Wildman–Crippen MR) is 107 cm³/mol. The maximum atomic E-state index is 15.2. The minimum atomic E-state index is -0.740. The van der Waals surface area contributed by atoms with Crippen LogP contribution in [-0.2, 0) is 13.2 Å². The first kappa shape index (κ1) is 21.0. The van der Waals surface area contributed by atoms with Gasteiger partial charge in [-0.2, -0.15) is 10.4 Å². The third kappa shape index (κ3) is 4.31. The fourth-order valence-corrected chi connectivity index (χ4v) is 3.00. The molecular weight excluding hydrogens is 411 g/mol. The summed E-state index contributed by atoms with van der Waals surface area (Å²) in [4.78, 5) is 15.1. The maximum absolute atomic E-state index is 15.2. The number of hydrogen-bond donors (Lipinski definition) is 1. The summed E-state index contributed by atoms with van der Waals surface area (Å²) < 4.78 is 21.6. The molecule has 0 spiro atoms. The number of halogens is 2. The van der Waals surface area contributed by atoms with Gasteiger partial charge in [0.1, 0.15) is 12.5 Å².